The first-order chi connectivity index (χ1) is 13.0. The van der Waals surface area contributed by atoms with Crippen molar-refractivity contribution in [1.29, 1.82) is 0 Å². The van der Waals surface area contributed by atoms with Crippen LogP contribution in [0, 0.1) is 6.92 Å². The highest BCUT2D eigenvalue weighted by Crippen LogP contribution is 2.29. The number of nitrogens with one attached hydrogen (secondary N) is 1. The molecule has 0 unspecified atom stereocenters. The zero-order chi connectivity index (χ0) is 19.4. The number of unbranched alkanes of at least 4 members (excludes halogenated alkanes) is 1. The van der Waals surface area contributed by atoms with Crippen LogP contribution in [-0.4, -0.2) is 15.5 Å². The quantitative estimate of drug-likeness (QED) is 0.661. The van der Waals surface area contributed by atoms with E-state index in [1.807, 2.05) is 6.92 Å². The number of hydrogen-bond donors (Lipinski definition) is 1. The van der Waals surface area contributed by atoms with Gasteiger partial charge in [0, 0.05) is 23.6 Å². The second-order valence-corrected chi connectivity index (χ2v) is 6.60. The number of rotatable bonds is 7. The van der Waals surface area contributed by atoms with Crippen molar-refractivity contribution in [3.63, 3.8) is 0 Å². The molecule has 0 fully saturated rings. The lowest BCUT2D eigenvalue weighted by Crippen LogP contribution is -2.15. The number of carbonyl (C=O) groups is 1. The molecule has 2 aromatic heterocycles. The number of fused-ring (bicyclic) bond motifs is 1. The van der Waals surface area contributed by atoms with Crippen LogP contribution < -0.4 is 15.6 Å². The van der Waals surface area contributed by atoms with Crippen molar-refractivity contribution < 1.29 is 14.1 Å². The van der Waals surface area contributed by atoms with Crippen LogP contribution in [-0.2, 0) is 11.4 Å². The van der Waals surface area contributed by atoms with Crippen LogP contribution >= 0.6 is 11.6 Å². The molecule has 0 spiro atoms. The van der Waals surface area contributed by atoms with E-state index in [9.17, 15) is 9.59 Å². The van der Waals surface area contributed by atoms with E-state index in [-0.39, 0.29) is 18.1 Å². The van der Waals surface area contributed by atoms with Gasteiger partial charge in [0.2, 0.25) is 5.91 Å². The zero-order valence-corrected chi connectivity index (χ0v) is 15.9. The first kappa shape index (κ1) is 19.0. The minimum atomic E-state index is -0.323. The SMILES string of the molecule is CCCCC(=O)Nc1cc(Cl)ccc1OCc1cc(=O)n2oc(C)cc2n1. The summed E-state index contributed by atoms with van der Waals surface area (Å²) in [6.07, 6.45) is 2.17. The summed E-state index contributed by atoms with van der Waals surface area (Å²) >= 11 is 6.04. The molecule has 0 aliphatic rings. The molecule has 1 amide bonds. The van der Waals surface area contributed by atoms with Gasteiger partial charge in [-0.2, -0.15) is 0 Å². The Labute approximate surface area is 160 Å². The number of ether oxygens (including phenoxy) is 1. The van der Waals surface area contributed by atoms with E-state index < -0.39 is 0 Å². The normalized spacial score (nSPS) is 10.9. The Balaban J connectivity index is 1.77. The monoisotopic (exact) mass is 389 g/mol. The molecular formula is C19H20ClN3O4. The van der Waals surface area contributed by atoms with Crippen molar-refractivity contribution in [2.45, 2.75) is 39.7 Å². The molecule has 142 valence electrons. The highest BCUT2D eigenvalue weighted by Gasteiger charge is 2.11. The van der Waals surface area contributed by atoms with Crippen LogP contribution in [0.2, 0.25) is 5.02 Å². The van der Waals surface area contributed by atoms with Gasteiger partial charge in [0.1, 0.15) is 18.1 Å². The van der Waals surface area contributed by atoms with E-state index in [4.69, 9.17) is 20.9 Å². The standard InChI is InChI=1S/C19H20ClN3O4/c1-3-4-5-18(24)22-15-9-13(20)6-7-16(15)26-11-14-10-19(25)23-17(21-14)8-12(2)27-23/h6-10H,3-5,11H2,1-2H3,(H,22,24). The summed E-state index contributed by atoms with van der Waals surface area (Å²) in [6.45, 7) is 3.83. The first-order valence-corrected chi connectivity index (χ1v) is 9.06. The number of benzene rings is 1. The van der Waals surface area contributed by atoms with Crippen molar-refractivity contribution in [2.75, 3.05) is 5.32 Å². The fraction of sp³-hybridized carbons (Fsp3) is 0.316. The van der Waals surface area contributed by atoms with Crippen LogP contribution in [0.1, 0.15) is 37.6 Å². The molecule has 2 heterocycles. The number of carbonyl (C=O) groups excluding carboxylic acids is 1. The van der Waals surface area contributed by atoms with Crippen LogP contribution in [0.5, 0.6) is 5.75 Å². The third-order valence-electron chi connectivity index (χ3n) is 3.87. The predicted octanol–water partition coefficient (Wildman–Crippen LogP) is 3.96. The molecule has 0 aliphatic heterocycles. The molecule has 1 N–H and O–H groups in total. The first-order valence-electron chi connectivity index (χ1n) is 8.68. The van der Waals surface area contributed by atoms with Gasteiger partial charge in [0.25, 0.3) is 5.56 Å². The summed E-state index contributed by atoms with van der Waals surface area (Å²) in [6, 6.07) is 8.00. The van der Waals surface area contributed by atoms with Crippen LogP contribution in [0.4, 0.5) is 5.69 Å². The molecule has 3 aromatic rings. The van der Waals surface area contributed by atoms with Gasteiger partial charge in [0.05, 0.1) is 11.4 Å². The minimum absolute atomic E-state index is 0.0649. The lowest BCUT2D eigenvalue weighted by atomic mass is 10.2. The van der Waals surface area contributed by atoms with Crippen LogP contribution in [0.25, 0.3) is 5.65 Å². The summed E-state index contributed by atoms with van der Waals surface area (Å²) in [5.74, 6) is 0.942. The van der Waals surface area contributed by atoms with E-state index >= 15 is 0 Å². The summed E-state index contributed by atoms with van der Waals surface area (Å²) in [5.41, 5.74) is 1.04. The van der Waals surface area contributed by atoms with Crippen molar-refractivity contribution in [2.24, 2.45) is 0 Å². The average Bonchev–Trinajstić information content (AvgIpc) is 3.00. The van der Waals surface area contributed by atoms with Gasteiger partial charge >= 0.3 is 0 Å². The summed E-state index contributed by atoms with van der Waals surface area (Å²) in [5, 5.41) is 3.30. The maximum atomic E-state index is 12.1. The lowest BCUT2D eigenvalue weighted by Gasteiger charge is -2.13. The van der Waals surface area contributed by atoms with E-state index in [0.717, 1.165) is 17.4 Å². The van der Waals surface area contributed by atoms with Crippen molar-refractivity contribution in [1.82, 2.24) is 9.56 Å². The highest BCUT2D eigenvalue weighted by atomic mass is 35.5. The Morgan fingerprint density at radius 1 is 1.33 bits per heavy atom. The van der Waals surface area contributed by atoms with Gasteiger partial charge in [-0.3, -0.25) is 9.59 Å². The van der Waals surface area contributed by atoms with Gasteiger partial charge in [-0.15, -0.1) is 4.57 Å². The Morgan fingerprint density at radius 3 is 2.93 bits per heavy atom. The average molecular weight is 390 g/mol. The fourth-order valence-corrected chi connectivity index (χ4v) is 2.75. The Morgan fingerprint density at radius 2 is 2.15 bits per heavy atom. The van der Waals surface area contributed by atoms with Crippen LogP contribution in [0.3, 0.4) is 0 Å². The summed E-state index contributed by atoms with van der Waals surface area (Å²) < 4.78 is 12.2. The number of aryl methyl sites for hydroxylation is 1. The van der Waals surface area contributed by atoms with Gasteiger partial charge < -0.3 is 14.6 Å². The smallest absolute Gasteiger partial charge is 0.287 e. The predicted molar refractivity (Wildman–Crippen MR) is 102 cm³/mol. The van der Waals surface area contributed by atoms with Crippen molar-refractivity contribution in [3.8, 4) is 5.75 Å². The molecule has 0 saturated carbocycles. The number of anilines is 1. The molecular weight excluding hydrogens is 370 g/mol. The van der Waals surface area contributed by atoms with E-state index in [1.54, 1.807) is 31.2 Å². The Bertz CT molecular complexity index is 1030. The molecule has 1 aromatic carbocycles. The van der Waals surface area contributed by atoms with Gasteiger partial charge in [0.15, 0.2) is 5.65 Å². The van der Waals surface area contributed by atoms with Crippen molar-refractivity contribution in [3.05, 3.63) is 57.2 Å². The number of nitrogens with zero attached hydrogens (tertiary/aromatic N) is 2. The van der Waals surface area contributed by atoms with Crippen LogP contribution in [0.15, 0.2) is 39.6 Å². The van der Waals surface area contributed by atoms with Gasteiger partial charge in [-0.1, -0.05) is 24.9 Å². The number of hydrogen-bond acceptors (Lipinski definition) is 5. The van der Waals surface area contributed by atoms with Gasteiger partial charge in [-0.05, 0) is 31.5 Å². The Hall–Kier alpha value is -2.80. The van der Waals surface area contributed by atoms with E-state index in [2.05, 4.69) is 10.3 Å². The molecule has 0 radical (unpaired) electrons. The Kier molecular flexibility index (Phi) is 5.81. The highest BCUT2D eigenvalue weighted by molar-refractivity contribution is 6.31. The molecule has 0 bridgehead atoms. The second-order valence-electron chi connectivity index (χ2n) is 6.17. The third kappa shape index (κ3) is 4.68. The molecule has 27 heavy (non-hydrogen) atoms. The van der Waals surface area contributed by atoms with Crippen molar-refractivity contribution >= 4 is 28.8 Å². The van der Waals surface area contributed by atoms with E-state index in [1.165, 1.54) is 6.07 Å². The maximum absolute atomic E-state index is 12.1. The van der Waals surface area contributed by atoms with E-state index in [0.29, 0.717) is 40.0 Å². The minimum Gasteiger partial charge on any atom is -0.485 e. The molecule has 0 saturated heterocycles. The fourth-order valence-electron chi connectivity index (χ4n) is 2.58. The maximum Gasteiger partial charge on any atom is 0.287 e. The topological polar surface area (TPSA) is 85.8 Å². The van der Waals surface area contributed by atoms with Gasteiger partial charge in [-0.25, -0.2) is 4.98 Å². The number of amides is 1. The largest absolute Gasteiger partial charge is 0.485 e. The number of aromatic nitrogens is 2. The lowest BCUT2D eigenvalue weighted by molar-refractivity contribution is -0.116. The molecule has 3 rings (SSSR count). The number of halogens is 1. The molecule has 0 aliphatic carbocycles. The molecule has 7 nitrogen and oxygen atoms in total. The zero-order valence-electron chi connectivity index (χ0n) is 15.1. The summed E-state index contributed by atoms with van der Waals surface area (Å²) in [4.78, 5) is 28.5. The third-order valence-corrected chi connectivity index (χ3v) is 4.11. The molecule has 0 atom stereocenters. The summed E-state index contributed by atoms with van der Waals surface area (Å²) in [7, 11) is 0. The second kappa shape index (κ2) is 8.26. The molecule has 8 heteroatoms.